The fourth-order valence-corrected chi connectivity index (χ4v) is 3.22. The topological polar surface area (TPSA) is 42.0 Å². The van der Waals surface area contributed by atoms with Crippen LogP contribution in [0.1, 0.15) is 42.3 Å². The summed E-state index contributed by atoms with van der Waals surface area (Å²) in [5.74, 6) is 0.0416. The Morgan fingerprint density at radius 2 is 2.24 bits per heavy atom. The molecule has 1 aromatic carbocycles. The van der Waals surface area contributed by atoms with Gasteiger partial charge in [-0.1, -0.05) is 37.1 Å². The molecule has 1 amide bonds. The van der Waals surface area contributed by atoms with Crippen molar-refractivity contribution in [2.24, 2.45) is 0 Å². The monoisotopic (exact) mass is 322 g/mol. The molecule has 112 valence electrons. The molecule has 2 aromatic rings. The number of anilines is 1. The van der Waals surface area contributed by atoms with Gasteiger partial charge in [0, 0.05) is 22.7 Å². The first-order valence-corrected chi connectivity index (χ1v) is 8.28. The molecule has 0 atom stereocenters. The number of carbonyl (C=O) groups excluding carboxylic acids is 1. The zero-order chi connectivity index (χ0) is 15.2. The number of hydrogen-bond acceptors (Lipinski definition) is 3. The summed E-state index contributed by atoms with van der Waals surface area (Å²) in [5.41, 5.74) is 2.11. The number of rotatable bonds is 6. The minimum Gasteiger partial charge on any atom is -0.302 e. The molecule has 0 aliphatic carbocycles. The number of thiazole rings is 1. The molecule has 0 fully saturated rings. The molecule has 21 heavy (non-hydrogen) atoms. The molecule has 2 rings (SSSR count). The standard InChI is InChI=1S/C16H19ClN2OS/c1-3-4-8-15(20)19-16-18-11(2)14(21-16)10-12-6-5-7-13(17)9-12/h5-7,9H,3-4,8,10H2,1-2H3,(H,18,19,20). The number of benzene rings is 1. The van der Waals surface area contributed by atoms with Crippen molar-refractivity contribution in [3.63, 3.8) is 0 Å². The predicted molar refractivity (Wildman–Crippen MR) is 89.3 cm³/mol. The Morgan fingerprint density at radius 1 is 1.43 bits per heavy atom. The van der Waals surface area contributed by atoms with Crippen LogP contribution in [0, 0.1) is 6.92 Å². The fourth-order valence-electron chi connectivity index (χ4n) is 2.00. The van der Waals surface area contributed by atoms with Crippen molar-refractivity contribution in [2.45, 2.75) is 39.5 Å². The minimum atomic E-state index is 0.0416. The second-order valence-corrected chi connectivity index (χ2v) is 6.51. The van der Waals surface area contributed by atoms with Crippen molar-refractivity contribution in [3.8, 4) is 0 Å². The molecule has 1 heterocycles. The highest BCUT2D eigenvalue weighted by Crippen LogP contribution is 2.26. The van der Waals surface area contributed by atoms with Gasteiger partial charge in [0.25, 0.3) is 0 Å². The smallest absolute Gasteiger partial charge is 0.226 e. The van der Waals surface area contributed by atoms with Gasteiger partial charge < -0.3 is 5.32 Å². The number of nitrogens with zero attached hydrogens (tertiary/aromatic N) is 1. The number of unbranched alkanes of at least 4 members (excludes halogenated alkanes) is 1. The van der Waals surface area contributed by atoms with Gasteiger partial charge >= 0.3 is 0 Å². The maximum atomic E-state index is 11.7. The average Bonchev–Trinajstić information content (AvgIpc) is 2.76. The minimum absolute atomic E-state index is 0.0416. The first-order valence-electron chi connectivity index (χ1n) is 7.09. The molecule has 0 aliphatic heterocycles. The van der Waals surface area contributed by atoms with Gasteiger partial charge in [-0.25, -0.2) is 4.98 Å². The van der Waals surface area contributed by atoms with Crippen LogP contribution in [0.5, 0.6) is 0 Å². The van der Waals surface area contributed by atoms with Crippen molar-refractivity contribution in [1.29, 1.82) is 0 Å². The highest BCUT2D eigenvalue weighted by atomic mass is 35.5. The highest BCUT2D eigenvalue weighted by molar-refractivity contribution is 7.15. The fraction of sp³-hybridized carbons (Fsp3) is 0.375. The lowest BCUT2D eigenvalue weighted by molar-refractivity contribution is -0.116. The number of amides is 1. The number of hydrogen-bond donors (Lipinski definition) is 1. The van der Waals surface area contributed by atoms with Gasteiger partial charge in [0.05, 0.1) is 5.69 Å². The molecular formula is C16H19ClN2OS. The summed E-state index contributed by atoms with van der Waals surface area (Å²) in [6.45, 7) is 4.04. The number of aromatic nitrogens is 1. The SMILES string of the molecule is CCCCC(=O)Nc1nc(C)c(Cc2cccc(Cl)c2)s1. The lowest BCUT2D eigenvalue weighted by Crippen LogP contribution is -2.10. The van der Waals surface area contributed by atoms with E-state index >= 15 is 0 Å². The summed E-state index contributed by atoms with van der Waals surface area (Å²) >= 11 is 7.54. The third kappa shape index (κ3) is 4.83. The van der Waals surface area contributed by atoms with Gasteiger partial charge in [-0.3, -0.25) is 4.79 Å². The van der Waals surface area contributed by atoms with Gasteiger partial charge in [0.2, 0.25) is 5.91 Å². The number of halogens is 1. The lowest BCUT2D eigenvalue weighted by atomic mass is 10.1. The van der Waals surface area contributed by atoms with E-state index < -0.39 is 0 Å². The van der Waals surface area contributed by atoms with Crippen LogP contribution in [0.25, 0.3) is 0 Å². The highest BCUT2D eigenvalue weighted by Gasteiger charge is 2.11. The quantitative estimate of drug-likeness (QED) is 0.828. The van der Waals surface area contributed by atoms with Crippen molar-refractivity contribution < 1.29 is 4.79 Å². The van der Waals surface area contributed by atoms with E-state index in [0.717, 1.165) is 40.4 Å². The molecule has 0 spiro atoms. The largest absolute Gasteiger partial charge is 0.302 e. The Bertz CT molecular complexity index is 624. The maximum Gasteiger partial charge on any atom is 0.226 e. The molecule has 0 unspecified atom stereocenters. The van der Waals surface area contributed by atoms with E-state index in [1.54, 1.807) is 0 Å². The summed E-state index contributed by atoms with van der Waals surface area (Å²) in [5, 5.41) is 4.30. The van der Waals surface area contributed by atoms with E-state index in [1.165, 1.54) is 11.3 Å². The summed E-state index contributed by atoms with van der Waals surface area (Å²) < 4.78 is 0. The molecule has 5 heteroatoms. The number of carbonyl (C=O) groups is 1. The van der Waals surface area contributed by atoms with Crippen molar-refractivity contribution >= 4 is 34.0 Å². The summed E-state index contributed by atoms with van der Waals surface area (Å²) in [6.07, 6.45) is 3.27. The molecule has 1 aromatic heterocycles. The second-order valence-electron chi connectivity index (χ2n) is 4.99. The molecule has 0 bridgehead atoms. The van der Waals surface area contributed by atoms with Gasteiger partial charge in [-0.05, 0) is 31.0 Å². The van der Waals surface area contributed by atoms with Crippen LogP contribution in [0.2, 0.25) is 5.02 Å². The van der Waals surface area contributed by atoms with E-state index in [0.29, 0.717) is 11.6 Å². The molecule has 3 nitrogen and oxygen atoms in total. The summed E-state index contributed by atoms with van der Waals surface area (Å²) in [6, 6.07) is 7.82. The Balaban J connectivity index is 2.03. The Morgan fingerprint density at radius 3 is 2.95 bits per heavy atom. The number of aryl methyl sites for hydroxylation is 1. The molecule has 1 N–H and O–H groups in total. The Labute approximate surface area is 134 Å². The van der Waals surface area contributed by atoms with Gasteiger partial charge in [-0.2, -0.15) is 0 Å². The molecule has 0 radical (unpaired) electrons. The van der Waals surface area contributed by atoms with Crippen LogP contribution in [-0.2, 0) is 11.2 Å². The van der Waals surface area contributed by atoms with E-state index in [9.17, 15) is 4.79 Å². The molecule has 0 aliphatic rings. The van der Waals surface area contributed by atoms with E-state index in [-0.39, 0.29) is 5.91 Å². The summed E-state index contributed by atoms with van der Waals surface area (Å²) in [4.78, 5) is 17.3. The van der Waals surface area contributed by atoms with Crippen LogP contribution in [0.15, 0.2) is 24.3 Å². The first-order chi connectivity index (χ1) is 10.1. The molecule has 0 saturated carbocycles. The van der Waals surface area contributed by atoms with E-state index in [4.69, 9.17) is 11.6 Å². The third-order valence-electron chi connectivity index (χ3n) is 3.15. The average molecular weight is 323 g/mol. The van der Waals surface area contributed by atoms with E-state index in [2.05, 4.69) is 17.2 Å². The van der Waals surface area contributed by atoms with Crippen LogP contribution >= 0.6 is 22.9 Å². The van der Waals surface area contributed by atoms with Gasteiger partial charge in [0.15, 0.2) is 5.13 Å². The zero-order valence-electron chi connectivity index (χ0n) is 12.3. The maximum absolute atomic E-state index is 11.7. The zero-order valence-corrected chi connectivity index (χ0v) is 13.9. The first kappa shape index (κ1) is 16.0. The Kier molecular flexibility index (Phi) is 5.76. The van der Waals surface area contributed by atoms with Crippen LogP contribution in [0.3, 0.4) is 0 Å². The number of nitrogens with one attached hydrogen (secondary N) is 1. The Hall–Kier alpha value is -1.39. The molecular weight excluding hydrogens is 304 g/mol. The second kappa shape index (κ2) is 7.57. The molecule has 0 saturated heterocycles. The van der Waals surface area contributed by atoms with E-state index in [1.807, 2.05) is 31.2 Å². The third-order valence-corrected chi connectivity index (χ3v) is 4.46. The van der Waals surface area contributed by atoms with Crippen molar-refractivity contribution in [2.75, 3.05) is 5.32 Å². The van der Waals surface area contributed by atoms with Crippen LogP contribution in [0.4, 0.5) is 5.13 Å². The summed E-state index contributed by atoms with van der Waals surface area (Å²) in [7, 11) is 0. The lowest BCUT2D eigenvalue weighted by Gasteiger charge is -2.00. The van der Waals surface area contributed by atoms with Crippen LogP contribution < -0.4 is 5.32 Å². The van der Waals surface area contributed by atoms with Gasteiger partial charge in [-0.15, -0.1) is 11.3 Å². The predicted octanol–water partition coefficient (Wildman–Crippen LogP) is 4.82. The normalized spacial score (nSPS) is 10.6. The van der Waals surface area contributed by atoms with Gasteiger partial charge in [0.1, 0.15) is 0 Å². The van der Waals surface area contributed by atoms with Crippen LogP contribution in [-0.4, -0.2) is 10.9 Å². The van der Waals surface area contributed by atoms with Crippen molar-refractivity contribution in [1.82, 2.24) is 4.98 Å². The van der Waals surface area contributed by atoms with Crippen molar-refractivity contribution in [3.05, 3.63) is 45.4 Å².